The zero-order chi connectivity index (χ0) is 12.9. The highest BCUT2D eigenvalue weighted by atomic mass is 16.5. The van der Waals surface area contributed by atoms with Crippen molar-refractivity contribution in [2.45, 2.75) is 70.6 Å². The summed E-state index contributed by atoms with van der Waals surface area (Å²) in [4.78, 5) is 11.9. The van der Waals surface area contributed by atoms with Crippen LogP contribution in [0.2, 0.25) is 0 Å². The smallest absolute Gasteiger partial charge is 0.249 e. The molecule has 1 aliphatic rings. The number of nitrogens with two attached hydrogens (primary N) is 1. The molecule has 17 heavy (non-hydrogen) atoms. The molecule has 0 aromatic rings. The monoisotopic (exact) mass is 242 g/mol. The van der Waals surface area contributed by atoms with Crippen molar-refractivity contribution >= 4 is 5.91 Å². The van der Waals surface area contributed by atoms with Crippen LogP contribution < -0.4 is 11.1 Å². The molecule has 0 aliphatic heterocycles. The van der Waals surface area contributed by atoms with E-state index in [2.05, 4.69) is 12.2 Å². The highest BCUT2D eigenvalue weighted by molar-refractivity contribution is 5.80. The van der Waals surface area contributed by atoms with Crippen LogP contribution in [0.3, 0.4) is 0 Å². The van der Waals surface area contributed by atoms with Gasteiger partial charge in [-0.2, -0.15) is 0 Å². The van der Waals surface area contributed by atoms with Crippen LogP contribution in [0.5, 0.6) is 0 Å². The quantitative estimate of drug-likeness (QED) is 0.743. The second-order valence-corrected chi connectivity index (χ2v) is 5.17. The summed E-state index contributed by atoms with van der Waals surface area (Å²) in [7, 11) is 0. The SMILES string of the molecule is CCC(C)NC(=O)C(C)OC1(CN)CCCC1. The molecule has 4 nitrogen and oxygen atoms in total. The fourth-order valence-corrected chi connectivity index (χ4v) is 2.28. The molecule has 2 atom stereocenters. The number of hydrogen-bond acceptors (Lipinski definition) is 3. The first-order chi connectivity index (χ1) is 8.03. The molecule has 100 valence electrons. The fourth-order valence-electron chi connectivity index (χ4n) is 2.28. The predicted octanol–water partition coefficient (Wildman–Crippen LogP) is 1.58. The zero-order valence-corrected chi connectivity index (χ0v) is 11.3. The predicted molar refractivity (Wildman–Crippen MR) is 68.7 cm³/mol. The molecule has 1 rings (SSSR count). The maximum absolute atomic E-state index is 11.9. The topological polar surface area (TPSA) is 64.3 Å². The minimum atomic E-state index is -0.411. The molecule has 0 aromatic carbocycles. The summed E-state index contributed by atoms with van der Waals surface area (Å²) in [5, 5.41) is 2.94. The summed E-state index contributed by atoms with van der Waals surface area (Å²) in [5.41, 5.74) is 5.53. The number of ether oxygens (including phenoxy) is 1. The van der Waals surface area contributed by atoms with Gasteiger partial charge in [0.1, 0.15) is 6.10 Å². The molecule has 0 heterocycles. The van der Waals surface area contributed by atoms with Gasteiger partial charge in [0.2, 0.25) is 5.91 Å². The second kappa shape index (κ2) is 6.36. The molecule has 1 saturated carbocycles. The standard InChI is InChI=1S/C13H26N2O2/c1-4-10(2)15-12(16)11(3)17-13(9-14)7-5-6-8-13/h10-11H,4-9,14H2,1-3H3,(H,15,16). The molecular weight excluding hydrogens is 216 g/mol. The van der Waals surface area contributed by atoms with Crippen LogP contribution in [0.1, 0.15) is 52.9 Å². The van der Waals surface area contributed by atoms with Crippen LogP contribution in [0.4, 0.5) is 0 Å². The van der Waals surface area contributed by atoms with Gasteiger partial charge in [0, 0.05) is 12.6 Å². The van der Waals surface area contributed by atoms with E-state index in [4.69, 9.17) is 10.5 Å². The Morgan fingerprint density at radius 3 is 2.47 bits per heavy atom. The minimum Gasteiger partial charge on any atom is -0.361 e. The van der Waals surface area contributed by atoms with Crippen molar-refractivity contribution in [2.75, 3.05) is 6.54 Å². The van der Waals surface area contributed by atoms with Crippen molar-refractivity contribution in [3.05, 3.63) is 0 Å². The Morgan fingerprint density at radius 2 is 2.00 bits per heavy atom. The molecule has 1 fully saturated rings. The molecule has 0 spiro atoms. The van der Waals surface area contributed by atoms with E-state index in [0.717, 1.165) is 32.1 Å². The lowest BCUT2D eigenvalue weighted by Crippen LogP contribution is -2.47. The Balaban J connectivity index is 2.46. The maximum atomic E-state index is 11.9. The van der Waals surface area contributed by atoms with E-state index in [1.54, 1.807) is 0 Å². The first-order valence-corrected chi connectivity index (χ1v) is 6.71. The van der Waals surface area contributed by atoms with Crippen molar-refractivity contribution in [2.24, 2.45) is 5.73 Å². The molecule has 1 amide bonds. The van der Waals surface area contributed by atoms with Crippen molar-refractivity contribution in [3.63, 3.8) is 0 Å². The minimum absolute atomic E-state index is 0.0286. The molecule has 1 aliphatic carbocycles. The van der Waals surface area contributed by atoms with Gasteiger partial charge in [0.05, 0.1) is 5.60 Å². The lowest BCUT2D eigenvalue weighted by molar-refractivity contribution is -0.144. The van der Waals surface area contributed by atoms with Crippen molar-refractivity contribution < 1.29 is 9.53 Å². The lowest BCUT2D eigenvalue weighted by Gasteiger charge is -2.31. The molecule has 2 unspecified atom stereocenters. The fraction of sp³-hybridized carbons (Fsp3) is 0.923. The molecule has 0 radical (unpaired) electrons. The first-order valence-electron chi connectivity index (χ1n) is 6.71. The first kappa shape index (κ1) is 14.5. The highest BCUT2D eigenvalue weighted by Gasteiger charge is 2.36. The molecule has 0 saturated heterocycles. The number of carbonyl (C=O) groups is 1. The van der Waals surface area contributed by atoms with E-state index in [1.165, 1.54) is 0 Å². The van der Waals surface area contributed by atoms with E-state index in [0.29, 0.717) is 6.54 Å². The Bertz CT molecular complexity index is 250. The Morgan fingerprint density at radius 1 is 1.41 bits per heavy atom. The average Bonchev–Trinajstić information content (AvgIpc) is 2.77. The van der Waals surface area contributed by atoms with Gasteiger partial charge in [0.25, 0.3) is 0 Å². The summed E-state index contributed by atoms with van der Waals surface area (Å²) >= 11 is 0. The van der Waals surface area contributed by atoms with Crippen LogP contribution in [0.15, 0.2) is 0 Å². The van der Waals surface area contributed by atoms with Gasteiger partial charge in [-0.25, -0.2) is 0 Å². The zero-order valence-electron chi connectivity index (χ0n) is 11.3. The number of rotatable bonds is 6. The van der Waals surface area contributed by atoms with Crippen LogP contribution >= 0.6 is 0 Å². The maximum Gasteiger partial charge on any atom is 0.249 e. The summed E-state index contributed by atoms with van der Waals surface area (Å²) in [6.07, 6.45) is 4.77. The van der Waals surface area contributed by atoms with Crippen LogP contribution in [0.25, 0.3) is 0 Å². The highest BCUT2D eigenvalue weighted by Crippen LogP contribution is 2.33. The summed E-state index contributed by atoms with van der Waals surface area (Å²) in [5.74, 6) is -0.0286. The summed E-state index contributed by atoms with van der Waals surface area (Å²) in [6.45, 7) is 6.37. The second-order valence-electron chi connectivity index (χ2n) is 5.17. The molecule has 0 aromatic heterocycles. The van der Waals surface area contributed by atoms with Crippen LogP contribution in [-0.2, 0) is 9.53 Å². The van der Waals surface area contributed by atoms with E-state index in [1.807, 2.05) is 13.8 Å². The third-order valence-electron chi connectivity index (χ3n) is 3.68. The van der Waals surface area contributed by atoms with Gasteiger partial charge in [-0.05, 0) is 33.1 Å². The number of carbonyl (C=O) groups excluding carboxylic acids is 1. The molecule has 0 bridgehead atoms. The van der Waals surface area contributed by atoms with Gasteiger partial charge < -0.3 is 15.8 Å². The van der Waals surface area contributed by atoms with E-state index < -0.39 is 6.10 Å². The van der Waals surface area contributed by atoms with Crippen molar-refractivity contribution in [3.8, 4) is 0 Å². The molecule has 4 heteroatoms. The normalized spacial score (nSPS) is 22.1. The van der Waals surface area contributed by atoms with E-state index in [9.17, 15) is 4.79 Å². The number of nitrogens with one attached hydrogen (secondary N) is 1. The van der Waals surface area contributed by atoms with E-state index in [-0.39, 0.29) is 17.6 Å². The number of hydrogen-bond donors (Lipinski definition) is 2. The third kappa shape index (κ3) is 3.96. The van der Waals surface area contributed by atoms with Crippen LogP contribution in [0, 0.1) is 0 Å². The average molecular weight is 242 g/mol. The summed E-state index contributed by atoms with van der Waals surface area (Å²) in [6, 6.07) is 0.200. The third-order valence-corrected chi connectivity index (χ3v) is 3.68. The largest absolute Gasteiger partial charge is 0.361 e. The van der Waals surface area contributed by atoms with Gasteiger partial charge in [-0.15, -0.1) is 0 Å². The van der Waals surface area contributed by atoms with Gasteiger partial charge in [-0.1, -0.05) is 19.8 Å². The lowest BCUT2D eigenvalue weighted by atomic mass is 10.0. The molecular formula is C13H26N2O2. The van der Waals surface area contributed by atoms with Gasteiger partial charge >= 0.3 is 0 Å². The van der Waals surface area contributed by atoms with Gasteiger partial charge in [-0.3, -0.25) is 4.79 Å². The van der Waals surface area contributed by atoms with Crippen molar-refractivity contribution in [1.29, 1.82) is 0 Å². The number of amides is 1. The Kier molecular flexibility index (Phi) is 5.40. The van der Waals surface area contributed by atoms with Crippen molar-refractivity contribution in [1.82, 2.24) is 5.32 Å². The Labute approximate surface area is 104 Å². The van der Waals surface area contributed by atoms with E-state index >= 15 is 0 Å². The van der Waals surface area contributed by atoms with Gasteiger partial charge in [0.15, 0.2) is 0 Å². The Hall–Kier alpha value is -0.610. The molecule has 3 N–H and O–H groups in total. The van der Waals surface area contributed by atoms with Crippen LogP contribution in [-0.4, -0.2) is 30.2 Å². The summed E-state index contributed by atoms with van der Waals surface area (Å²) < 4.78 is 5.92.